The zero-order valence-electron chi connectivity index (χ0n) is 11.5. The molecule has 0 aliphatic carbocycles. The molecule has 0 radical (unpaired) electrons. The van der Waals surface area contributed by atoms with E-state index in [1.165, 1.54) is 6.92 Å². The summed E-state index contributed by atoms with van der Waals surface area (Å²) in [4.78, 5) is 22.0. The van der Waals surface area contributed by atoms with Crippen molar-refractivity contribution in [1.82, 2.24) is 25.4 Å². The van der Waals surface area contributed by atoms with Crippen LogP contribution in [0.2, 0.25) is 0 Å². The number of urea groups is 1. The van der Waals surface area contributed by atoms with Crippen molar-refractivity contribution in [2.75, 3.05) is 13.1 Å². The molecule has 0 aliphatic rings. The average molecular weight is 285 g/mol. The smallest absolute Gasteiger partial charge is 0.314 e. The molecule has 9 heteroatoms. The minimum Gasteiger partial charge on any atom is -0.481 e. The molecule has 1 unspecified atom stereocenters. The molecule has 2 amide bonds. The summed E-state index contributed by atoms with van der Waals surface area (Å²) in [5.74, 6) is -0.386. The van der Waals surface area contributed by atoms with Crippen molar-refractivity contribution in [3.05, 3.63) is 12.2 Å². The SMILES string of the molecule is Cn1cnnc1CCNC(=O)NCC(C)(O)CC(=O)O. The lowest BCUT2D eigenvalue weighted by molar-refractivity contribution is -0.141. The van der Waals surface area contributed by atoms with E-state index in [-0.39, 0.29) is 6.54 Å². The number of rotatable bonds is 7. The number of nitrogens with one attached hydrogen (secondary N) is 2. The van der Waals surface area contributed by atoms with Gasteiger partial charge >= 0.3 is 12.0 Å². The van der Waals surface area contributed by atoms with Crippen LogP contribution in [0.4, 0.5) is 4.79 Å². The molecule has 1 rings (SSSR count). The zero-order chi connectivity index (χ0) is 15.2. The van der Waals surface area contributed by atoms with Crippen molar-refractivity contribution in [2.45, 2.75) is 25.4 Å². The highest BCUT2D eigenvalue weighted by Crippen LogP contribution is 2.06. The van der Waals surface area contributed by atoms with Crippen LogP contribution in [-0.4, -0.2) is 55.7 Å². The van der Waals surface area contributed by atoms with Crippen LogP contribution in [0, 0.1) is 0 Å². The molecule has 1 atom stereocenters. The number of carbonyl (C=O) groups is 2. The molecule has 20 heavy (non-hydrogen) atoms. The van der Waals surface area contributed by atoms with E-state index in [2.05, 4.69) is 20.8 Å². The second kappa shape index (κ2) is 6.85. The van der Waals surface area contributed by atoms with Crippen LogP contribution in [0.25, 0.3) is 0 Å². The van der Waals surface area contributed by atoms with Gasteiger partial charge in [0.2, 0.25) is 0 Å². The minimum absolute atomic E-state index is 0.144. The number of hydrogen-bond acceptors (Lipinski definition) is 5. The number of carboxylic acids is 1. The molecule has 0 bridgehead atoms. The highest BCUT2D eigenvalue weighted by atomic mass is 16.4. The summed E-state index contributed by atoms with van der Waals surface area (Å²) in [6.07, 6.45) is 1.65. The fraction of sp³-hybridized carbons (Fsp3) is 0.636. The monoisotopic (exact) mass is 285 g/mol. The Hall–Kier alpha value is -2.16. The van der Waals surface area contributed by atoms with Gasteiger partial charge in [0.05, 0.1) is 12.0 Å². The van der Waals surface area contributed by atoms with Gasteiger partial charge in [-0.1, -0.05) is 0 Å². The summed E-state index contributed by atoms with van der Waals surface area (Å²) in [5, 5.41) is 30.9. The maximum absolute atomic E-state index is 11.5. The third kappa shape index (κ3) is 5.65. The average Bonchev–Trinajstić information content (AvgIpc) is 2.71. The normalized spacial score (nSPS) is 13.6. The van der Waals surface area contributed by atoms with Crippen LogP contribution in [0.3, 0.4) is 0 Å². The number of hydrogen-bond donors (Lipinski definition) is 4. The summed E-state index contributed by atoms with van der Waals surface area (Å²) < 4.78 is 1.75. The van der Waals surface area contributed by atoms with Gasteiger partial charge < -0.3 is 25.4 Å². The third-order valence-corrected chi connectivity index (χ3v) is 2.60. The lowest BCUT2D eigenvalue weighted by atomic mass is 10.0. The van der Waals surface area contributed by atoms with Crippen LogP contribution in [-0.2, 0) is 18.3 Å². The molecule has 0 aliphatic heterocycles. The Morgan fingerprint density at radius 1 is 1.45 bits per heavy atom. The molecule has 0 saturated carbocycles. The first-order valence-electron chi connectivity index (χ1n) is 6.09. The molecule has 112 valence electrons. The molecule has 0 spiro atoms. The molecule has 0 fully saturated rings. The molecule has 1 heterocycles. The highest BCUT2D eigenvalue weighted by Gasteiger charge is 2.24. The van der Waals surface area contributed by atoms with E-state index in [1.807, 2.05) is 0 Å². The van der Waals surface area contributed by atoms with Gasteiger partial charge in [0.1, 0.15) is 12.2 Å². The molecule has 4 N–H and O–H groups in total. The summed E-state index contributed by atoms with van der Waals surface area (Å²) >= 11 is 0. The topological polar surface area (TPSA) is 129 Å². The van der Waals surface area contributed by atoms with E-state index >= 15 is 0 Å². The van der Waals surface area contributed by atoms with Crippen molar-refractivity contribution >= 4 is 12.0 Å². The number of amides is 2. The number of aromatic nitrogens is 3. The molecular formula is C11H19N5O4. The summed E-state index contributed by atoms with van der Waals surface area (Å²) in [6, 6.07) is -0.474. The van der Waals surface area contributed by atoms with E-state index in [0.717, 1.165) is 5.82 Å². The van der Waals surface area contributed by atoms with Crippen LogP contribution >= 0.6 is 0 Å². The first-order chi connectivity index (χ1) is 9.30. The molecular weight excluding hydrogens is 266 g/mol. The van der Waals surface area contributed by atoms with Crippen molar-refractivity contribution in [3.63, 3.8) is 0 Å². The van der Waals surface area contributed by atoms with Crippen LogP contribution in [0.1, 0.15) is 19.2 Å². The Balaban J connectivity index is 2.24. The fourth-order valence-corrected chi connectivity index (χ4v) is 1.54. The van der Waals surface area contributed by atoms with E-state index in [9.17, 15) is 14.7 Å². The van der Waals surface area contributed by atoms with Crippen LogP contribution in [0.5, 0.6) is 0 Å². The van der Waals surface area contributed by atoms with Crippen molar-refractivity contribution in [3.8, 4) is 0 Å². The number of carboxylic acid groups (broad SMARTS) is 1. The van der Waals surface area contributed by atoms with Crippen molar-refractivity contribution < 1.29 is 19.8 Å². The minimum atomic E-state index is -1.48. The van der Waals surface area contributed by atoms with E-state index in [4.69, 9.17) is 5.11 Å². The Morgan fingerprint density at radius 2 is 2.15 bits per heavy atom. The Morgan fingerprint density at radius 3 is 2.70 bits per heavy atom. The van der Waals surface area contributed by atoms with E-state index in [1.54, 1.807) is 17.9 Å². The van der Waals surface area contributed by atoms with Gasteiger partial charge in [-0.15, -0.1) is 10.2 Å². The van der Waals surface area contributed by atoms with Crippen LogP contribution < -0.4 is 10.6 Å². The predicted molar refractivity (Wildman–Crippen MR) is 69.0 cm³/mol. The van der Waals surface area contributed by atoms with E-state index in [0.29, 0.717) is 13.0 Å². The predicted octanol–water partition coefficient (Wildman–Crippen LogP) is -1.12. The highest BCUT2D eigenvalue weighted by molar-refractivity contribution is 5.74. The zero-order valence-corrected chi connectivity index (χ0v) is 11.5. The molecule has 9 nitrogen and oxygen atoms in total. The maximum Gasteiger partial charge on any atom is 0.314 e. The third-order valence-electron chi connectivity index (χ3n) is 2.60. The van der Waals surface area contributed by atoms with Gasteiger partial charge in [0.15, 0.2) is 0 Å². The largest absolute Gasteiger partial charge is 0.481 e. The van der Waals surface area contributed by atoms with E-state index < -0.39 is 24.0 Å². The maximum atomic E-state index is 11.5. The number of aliphatic carboxylic acids is 1. The van der Waals surface area contributed by atoms with Crippen molar-refractivity contribution in [2.24, 2.45) is 7.05 Å². The standard InChI is InChI=1S/C11H19N5O4/c1-11(20,5-9(17)18)6-13-10(19)12-4-3-8-15-14-7-16(8)2/h7,20H,3-6H2,1-2H3,(H,17,18)(H2,12,13,19). The Kier molecular flexibility index (Phi) is 5.44. The number of aliphatic hydroxyl groups is 1. The first kappa shape index (κ1) is 15.9. The Labute approximate surface area is 116 Å². The summed E-state index contributed by atoms with van der Waals surface area (Å²) in [5.41, 5.74) is -1.48. The first-order valence-corrected chi connectivity index (χ1v) is 6.09. The van der Waals surface area contributed by atoms with Crippen LogP contribution in [0.15, 0.2) is 6.33 Å². The molecule has 1 aromatic heterocycles. The second-order valence-corrected chi connectivity index (χ2v) is 4.78. The van der Waals surface area contributed by atoms with Gasteiger partial charge in [0.25, 0.3) is 0 Å². The molecule has 0 saturated heterocycles. The quantitative estimate of drug-likeness (QED) is 0.502. The lowest BCUT2D eigenvalue weighted by Gasteiger charge is -2.21. The number of carbonyl (C=O) groups excluding carboxylic acids is 1. The molecule has 0 aromatic carbocycles. The Bertz CT molecular complexity index is 471. The van der Waals surface area contributed by atoms with Gasteiger partial charge in [-0.2, -0.15) is 0 Å². The van der Waals surface area contributed by atoms with Gasteiger partial charge in [-0.3, -0.25) is 4.79 Å². The lowest BCUT2D eigenvalue weighted by Crippen LogP contribution is -2.46. The summed E-state index contributed by atoms with van der Waals surface area (Å²) in [7, 11) is 1.80. The second-order valence-electron chi connectivity index (χ2n) is 4.78. The van der Waals surface area contributed by atoms with Crippen molar-refractivity contribution in [1.29, 1.82) is 0 Å². The molecule has 1 aromatic rings. The van der Waals surface area contributed by atoms with Gasteiger partial charge in [0, 0.05) is 26.6 Å². The fourth-order valence-electron chi connectivity index (χ4n) is 1.54. The van der Waals surface area contributed by atoms with Gasteiger partial charge in [-0.05, 0) is 6.92 Å². The van der Waals surface area contributed by atoms with Gasteiger partial charge in [-0.25, -0.2) is 4.79 Å². The number of aryl methyl sites for hydroxylation is 1. The summed E-state index contributed by atoms with van der Waals surface area (Å²) in [6.45, 7) is 1.56. The number of nitrogens with zero attached hydrogens (tertiary/aromatic N) is 3.